The molecule has 0 bridgehead atoms. The van der Waals surface area contributed by atoms with Crippen molar-refractivity contribution in [3.05, 3.63) is 27.8 Å². The molecule has 0 saturated carbocycles. The summed E-state index contributed by atoms with van der Waals surface area (Å²) in [6.07, 6.45) is 1.02. The fourth-order valence-corrected chi connectivity index (χ4v) is 1.87. The highest BCUT2D eigenvalue weighted by atomic mass is 16.6. The number of hydrogen-bond donors (Lipinski definition) is 1. The first-order chi connectivity index (χ1) is 9.04. The number of amides is 1. The smallest absolute Gasteiger partial charge is 0.339 e. The number of aromatic carboxylic acids is 1. The summed E-state index contributed by atoms with van der Waals surface area (Å²) in [5.74, 6) is -1.35. The fourth-order valence-electron chi connectivity index (χ4n) is 1.87. The number of fused-ring (bicyclic) bond motifs is 1. The molecular weight excluding hydrogens is 256 g/mol. The second kappa shape index (κ2) is 4.92. The van der Waals surface area contributed by atoms with Gasteiger partial charge in [0.15, 0.2) is 5.75 Å². The first-order valence-electron chi connectivity index (χ1n) is 5.45. The molecule has 8 heteroatoms. The van der Waals surface area contributed by atoms with E-state index in [1.807, 2.05) is 0 Å². The monoisotopic (exact) mass is 266 g/mol. The molecule has 8 nitrogen and oxygen atoms in total. The zero-order valence-electron chi connectivity index (χ0n) is 9.74. The summed E-state index contributed by atoms with van der Waals surface area (Å²) in [5.41, 5.74) is -0.606. The molecule has 0 spiro atoms. The summed E-state index contributed by atoms with van der Waals surface area (Å²) in [5, 5.41) is 19.9. The maximum Gasteiger partial charge on any atom is 0.339 e. The van der Waals surface area contributed by atoms with Crippen LogP contribution in [0.3, 0.4) is 0 Å². The van der Waals surface area contributed by atoms with Gasteiger partial charge in [0.1, 0.15) is 5.56 Å². The van der Waals surface area contributed by atoms with Crippen LogP contribution in [0, 0.1) is 10.1 Å². The van der Waals surface area contributed by atoms with Crippen molar-refractivity contribution in [1.82, 2.24) is 0 Å². The van der Waals surface area contributed by atoms with Gasteiger partial charge in [0, 0.05) is 18.7 Å². The minimum atomic E-state index is -1.34. The van der Waals surface area contributed by atoms with Gasteiger partial charge in [0.05, 0.1) is 17.2 Å². The zero-order chi connectivity index (χ0) is 14.0. The van der Waals surface area contributed by atoms with E-state index in [2.05, 4.69) is 0 Å². The molecular formula is C11H10N2O6. The first-order valence-corrected chi connectivity index (χ1v) is 5.45. The molecule has 0 saturated heterocycles. The van der Waals surface area contributed by atoms with E-state index in [1.165, 1.54) is 4.90 Å². The molecule has 1 heterocycles. The standard InChI is InChI=1S/C11H10N2O6/c14-6-12-2-1-3-19-10-8(11(15)16)4-7(13(17)18)5-9(10)12/h4-6H,1-3H2,(H,15,16). The highest BCUT2D eigenvalue weighted by molar-refractivity contribution is 5.96. The molecule has 2 rings (SSSR count). The van der Waals surface area contributed by atoms with Crippen molar-refractivity contribution >= 4 is 23.8 Å². The number of carboxylic acids is 1. The van der Waals surface area contributed by atoms with Crippen LogP contribution in [0.2, 0.25) is 0 Å². The summed E-state index contributed by atoms with van der Waals surface area (Å²) in [6, 6.07) is 2.07. The highest BCUT2D eigenvalue weighted by Crippen LogP contribution is 2.37. The third-order valence-corrected chi connectivity index (χ3v) is 2.72. The molecule has 0 unspecified atom stereocenters. The zero-order valence-corrected chi connectivity index (χ0v) is 9.74. The van der Waals surface area contributed by atoms with Crippen LogP contribution >= 0.6 is 0 Å². The van der Waals surface area contributed by atoms with E-state index in [0.717, 1.165) is 12.1 Å². The normalized spacial score (nSPS) is 14.0. The third-order valence-electron chi connectivity index (χ3n) is 2.72. The van der Waals surface area contributed by atoms with Gasteiger partial charge in [-0.15, -0.1) is 0 Å². The van der Waals surface area contributed by atoms with Crippen LogP contribution in [0.15, 0.2) is 12.1 Å². The molecule has 0 radical (unpaired) electrons. The van der Waals surface area contributed by atoms with Gasteiger partial charge in [-0.2, -0.15) is 0 Å². The number of rotatable bonds is 3. The molecule has 0 aromatic heterocycles. The second-order valence-corrected chi connectivity index (χ2v) is 3.90. The Hall–Kier alpha value is -2.64. The largest absolute Gasteiger partial charge is 0.490 e. The summed E-state index contributed by atoms with van der Waals surface area (Å²) >= 11 is 0. The Kier molecular flexibility index (Phi) is 3.32. The average molecular weight is 266 g/mol. The Labute approximate surface area is 107 Å². The van der Waals surface area contributed by atoms with Crippen LogP contribution in [0.1, 0.15) is 16.8 Å². The lowest BCUT2D eigenvalue weighted by molar-refractivity contribution is -0.384. The molecule has 100 valence electrons. The number of ether oxygens (including phenoxy) is 1. The number of carbonyl (C=O) groups excluding carboxylic acids is 1. The van der Waals surface area contributed by atoms with Crippen molar-refractivity contribution in [2.75, 3.05) is 18.1 Å². The van der Waals surface area contributed by atoms with Crippen molar-refractivity contribution in [2.24, 2.45) is 0 Å². The van der Waals surface area contributed by atoms with Crippen LogP contribution in [-0.2, 0) is 4.79 Å². The van der Waals surface area contributed by atoms with Crippen LogP contribution in [0.25, 0.3) is 0 Å². The van der Waals surface area contributed by atoms with E-state index < -0.39 is 16.6 Å². The van der Waals surface area contributed by atoms with Crippen LogP contribution in [-0.4, -0.2) is 35.6 Å². The summed E-state index contributed by atoms with van der Waals surface area (Å²) in [4.78, 5) is 33.4. The summed E-state index contributed by atoms with van der Waals surface area (Å²) in [6.45, 7) is 0.562. The van der Waals surface area contributed by atoms with E-state index in [-0.39, 0.29) is 23.6 Å². The van der Waals surface area contributed by atoms with Gasteiger partial charge < -0.3 is 14.7 Å². The van der Waals surface area contributed by atoms with Gasteiger partial charge in [0.2, 0.25) is 6.41 Å². The fraction of sp³-hybridized carbons (Fsp3) is 0.273. The van der Waals surface area contributed by atoms with Gasteiger partial charge in [-0.3, -0.25) is 14.9 Å². The number of anilines is 1. The van der Waals surface area contributed by atoms with Crippen LogP contribution in [0.4, 0.5) is 11.4 Å². The topological polar surface area (TPSA) is 110 Å². The number of nitrogens with zero attached hydrogens (tertiary/aromatic N) is 2. The molecule has 1 N–H and O–H groups in total. The van der Waals surface area contributed by atoms with Gasteiger partial charge in [-0.05, 0) is 6.42 Å². The molecule has 19 heavy (non-hydrogen) atoms. The van der Waals surface area contributed by atoms with E-state index in [9.17, 15) is 19.7 Å². The number of nitro groups is 1. The van der Waals surface area contributed by atoms with Crippen LogP contribution in [0.5, 0.6) is 5.75 Å². The number of hydrogen-bond acceptors (Lipinski definition) is 5. The number of carboxylic acid groups (broad SMARTS) is 1. The molecule has 1 aromatic rings. The minimum Gasteiger partial charge on any atom is -0.490 e. The van der Waals surface area contributed by atoms with Gasteiger partial charge in [-0.1, -0.05) is 0 Å². The molecule has 0 aliphatic carbocycles. The Morgan fingerprint density at radius 1 is 1.53 bits per heavy atom. The molecule has 1 amide bonds. The number of benzene rings is 1. The van der Waals surface area contributed by atoms with E-state index in [4.69, 9.17) is 9.84 Å². The lowest BCUT2D eigenvalue weighted by atomic mass is 10.1. The highest BCUT2D eigenvalue weighted by Gasteiger charge is 2.26. The Balaban J connectivity index is 2.69. The van der Waals surface area contributed by atoms with Crippen LogP contribution < -0.4 is 9.64 Å². The minimum absolute atomic E-state index is 0.0114. The second-order valence-electron chi connectivity index (χ2n) is 3.90. The average Bonchev–Trinajstić information content (AvgIpc) is 2.58. The van der Waals surface area contributed by atoms with E-state index >= 15 is 0 Å². The molecule has 0 fully saturated rings. The van der Waals surface area contributed by atoms with Crippen molar-refractivity contribution in [1.29, 1.82) is 0 Å². The first kappa shape index (κ1) is 12.8. The predicted octanol–water partition coefficient (Wildman–Crippen LogP) is 1.04. The summed E-state index contributed by atoms with van der Waals surface area (Å²) < 4.78 is 5.30. The van der Waals surface area contributed by atoms with Crippen molar-refractivity contribution in [3.8, 4) is 5.75 Å². The molecule has 1 aliphatic rings. The number of nitro benzene ring substituents is 1. The summed E-state index contributed by atoms with van der Waals surface area (Å²) in [7, 11) is 0. The van der Waals surface area contributed by atoms with Gasteiger partial charge >= 0.3 is 5.97 Å². The Bertz CT molecular complexity index is 556. The Morgan fingerprint density at radius 3 is 2.84 bits per heavy atom. The number of carbonyl (C=O) groups is 2. The van der Waals surface area contributed by atoms with Gasteiger partial charge in [0.25, 0.3) is 5.69 Å². The maximum atomic E-state index is 11.1. The van der Waals surface area contributed by atoms with Crippen molar-refractivity contribution < 1.29 is 24.4 Å². The molecule has 1 aromatic carbocycles. The lowest BCUT2D eigenvalue weighted by Gasteiger charge is -2.17. The SMILES string of the molecule is O=CN1CCCOc2c(C(=O)O)cc([N+](=O)[O-])cc21. The predicted molar refractivity (Wildman–Crippen MR) is 63.6 cm³/mol. The molecule has 1 aliphatic heterocycles. The van der Waals surface area contributed by atoms with E-state index in [1.54, 1.807) is 0 Å². The lowest BCUT2D eigenvalue weighted by Crippen LogP contribution is -2.21. The van der Waals surface area contributed by atoms with Crippen molar-refractivity contribution in [3.63, 3.8) is 0 Å². The van der Waals surface area contributed by atoms with E-state index in [0.29, 0.717) is 19.4 Å². The van der Waals surface area contributed by atoms with Crippen molar-refractivity contribution in [2.45, 2.75) is 6.42 Å². The van der Waals surface area contributed by atoms with Gasteiger partial charge in [-0.25, -0.2) is 4.79 Å². The third kappa shape index (κ3) is 2.32. The quantitative estimate of drug-likeness (QED) is 0.497. The maximum absolute atomic E-state index is 11.1. The number of non-ortho nitro benzene ring substituents is 1. The molecule has 0 atom stereocenters. The Morgan fingerprint density at radius 2 is 2.26 bits per heavy atom.